The van der Waals surface area contributed by atoms with Crippen LogP contribution >= 0.6 is 11.6 Å². The molecule has 2 rings (SSSR count). The maximum Gasteiger partial charge on any atom is 0.328 e. The van der Waals surface area contributed by atoms with E-state index in [4.69, 9.17) is 21.1 Å². The Bertz CT molecular complexity index is 570. The molecule has 0 aliphatic carbocycles. The molecule has 0 saturated carbocycles. The van der Waals surface area contributed by atoms with Crippen molar-refractivity contribution >= 4 is 23.6 Å². The lowest BCUT2D eigenvalue weighted by Crippen LogP contribution is -1.84. The summed E-state index contributed by atoms with van der Waals surface area (Å²) in [4.78, 5) is 10.3. The molecule has 1 N–H and O–H groups in total. The molecule has 0 bridgehead atoms. The third-order valence-electron chi connectivity index (χ3n) is 2.13. The molecule has 0 saturated heterocycles. The van der Waals surface area contributed by atoms with Crippen LogP contribution in [0.5, 0.6) is 0 Å². The number of rotatable bonds is 3. The van der Waals surface area contributed by atoms with E-state index in [1.807, 2.05) is 12.1 Å². The van der Waals surface area contributed by atoms with Crippen LogP contribution in [0.25, 0.3) is 17.4 Å². The summed E-state index contributed by atoms with van der Waals surface area (Å²) in [7, 11) is 0. The number of hydrogen-bond donors (Lipinski definition) is 1. The fourth-order valence-electron chi connectivity index (χ4n) is 1.39. The van der Waals surface area contributed by atoms with Gasteiger partial charge in [-0.2, -0.15) is 0 Å². The van der Waals surface area contributed by atoms with Gasteiger partial charge in [0.2, 0.25) is 0 Å². The number of furan rings is 1. The minimum atomic E-state index is -1.01. The number of hydrogen-bond acceptors (Lipinski definition) is 2. The highest BCUT2D eigenvalue weighted by atomic mass is 35.5. The van der Waals surface area contributed by atoms with Crippen LogP contribution in [0, 0.1) is 0 Å². The predicted molar refractivity (Wildman–Crippen MR) is 65.8 cm³/mol. The Morgan fingerprint density at radius 1 is 1.29 bits per heavy atom. The van der Waals surface area contributed by atoms with Crippen molar-refractivity contribution < 1.29 is 14.3 Å². The molecule has 17 heavy (non-hydrogen) atoms. The number of aliphatic carboxylic acids is 1. The van der Waals surface area contributed by atoms with Crippen molar-refractivity contribution in [3.05, 3.63) is 53.3 Å². The molecule has 86 valence electrons. The lowest BCUT2D eigenvalue weighted by Gasteiger charge is -1.96. The highest BCUT2D eigenvalue weighted by Gasteiger charge is 2.03. The topological polar surface area (TPSA) is 50.4 Å². The summed E-state index contributed by atoms with van der Waals surface area (Å²) in [6.45, 7) is 0. The molecule has 0 amide bonds. The van der Waals surface area contributed by atoms with Crippen molar-refractivity contribution in [2.45, 2.75) is 0 Å². The summed E-state index contributed by atoms with van der Waals surface area (Å²) in [6.07, 6.45) is 2.43. The van der Waals surface area contributed by atoms with Crippen LogP contribution in [0.2, 0.25) is 5.02 Å². The second kappa shape index (κ2) is 4.89. The SMILES string of the molecule is O=C(O)C=Cc1ccc(-c2cccc(Cl)c2)o1. The van der Waals surface area contributed by atoms with Crippen molar-refractivity contribution in [3.8, 4) is 11.3 Å². The Morgan fingerprint density at radius 3 is 2.82 bits per heavy atom. The van der Waals surface area contributed by atoms with Crippen LogP contribution in [0.4, 0.5) is 0 Å². The Kier molecular flexibility index (Phi) is 3.30. The number of benzene rings is 1. The average Bonchev–Trinajstić information content (AvgIpc) is 2.75. The Hall–Kier alpha value is -2.00. The smallest absolute Gasteiger partial charge is 0.328 e. The summed E-state index contributed by atoms with van der Waals surface area (Å²) in [5, 5.41) is 9.12. The molecule has 1 heterocycles. The van der Waals surface area contributed by atoms with Gasteiger partial charge < -0.3 is 9.52 Å². The maximum atomic E-state index is 10.3. The molecule has 2 aromatic rings. The summed E-state index contributed by atoms with van der Waals surface area (Å²) >= 11 is 5.87. The molecule has 0 radical (unpaired) electrons. The zero-order valence-electron chi connectivity index (χ0n) is 8.76. The van der Waals surface area contributed by atoms with Gasteiger partial charge in [-0.25, -0.2) is 4.79 Å². The van der Waals surface area contributed by atoms with Crippen LogP contribution < -0.4 is 0 Å². The van der Waals surface area contributed by atoms with E-state index in [1.54, 1.807) is 24.3 Å². The summed E-state index contributed by atoms with van der Waals surface area (Å²) in [5.41, 5.74) is 0.854. The van der Waals surface area contributed by atoms with Crippen molar-refractivity contribution in [1.82, 2.24) is 0 Å². The van der Waals surface area contributed by atoms with Crippen LogP contribution in [0.1, 0.15) is 5.76 Å². The average molecular weight is 249 g/mol. The maximum absolute atomic E-state index is 10.3. The number of carboxylic acids is 1. The van der Waals surface area contributed by atoms with Crippen LogP contribution in [0.3, 0.4) is 0 Å². The van der Waals surface area contributed by atoms with E-state index in [9.17, 15) is 4.79 Å². The van der Waals surface area contributed by atoms with Crippen LogP contribution in [-0.2, 0) is 4.79 Å². The van der Waals surface area contributed by atoms with Crippen molar-refractivity contribution in [3.63, 3.8) is 0 Å². The highest BCUT2D eigenvalue weighted by Crippen LogP contribution is 2.25. The van der Waals surface area contributed by atoms with E-state index in [0.717, 1.165) is 11.6 Å². The standard InChI is InChI=1S/C13H9ClO3/c14-10-3-1-2-9(8-10)12-6-4-11(17-12)5-7-13(15)16/h1-8H,(H,15,16). The van der Waals surface area contributed by atoms with Gasteiger partial charge in [0.15, 0.2) is 0 Å². The second-order valence-corrected chi connectivity index (χ2v) is 3.82. The first-order valence-electron chi connectivity index (χ1n) is 4.92. The first-order chi connectivity index (χ1) is 8.15. The molecular weight excluding hydrogens is 240 g/mol. The van der Waals surface area contributed by atoms with E-state index in [2.05, 4.69) is 0 Å². The molecule has 0 spiro atoms. The molecule has 1 aromatic heterocycles. The predicted octanol–water partition coefficient (Wildman–Crippen LogP) is 3.70. The number of carboxylic acid groups (broad SMARTS) is 1. The molecule has 4 heteroatoms. The summed E-state index contributed by atoms with van der Waals surface area (Å²) < 4.78 is 5.47. The molecule has 0 aliphatic rings. The third-order valence-corrected chi connectivity index (χ3v) is 2.36. The number of carbonyl (C=O) groups is 1. The first kappa shape index (κ1) is 11.5. The minimum absolute atomic E-state index is 0.488. The van der Waals surface area contributed by atoms with Gasteiger partial charge in [0.05, 0.1) is 0 Å². The summed E-state index contributed by atoms with van der Waals surface area (Å²) in [5.74, 6) is 0.130. The molecule has 3 nitrogen and oxygen atoms in total. The van der Waals surface area contributed by atoms with Crippen molar-refractivity contribution in [1.29, 1.82) is 0 Å². The van der Waals surface area contributed by atoms with E-state index in [1.165, 1.54) is 6.08 Å². The molecular formula is C13H9ClO3. The van der Waals surface area contributed by atoms with Crippen LogP contribution in [-0.4, -0.2) is 11.1 Å². The Balaban J connectivity index is 2.27. The molecule has 0 unspecified atom stereocenters. The molecule has 0 fully saturated rings. The van der Waals surface area contributed by atoms with Gasteiger partial charge in [0.25, 0.3) is 0 Å². The molecule has 0 atom stereocenters. The van der Waals surface area contributed by atoms with Gasteiger partial charge >= 0.3 is 5.97 Å². The first-order valence-corrected chi connectivity index (χ1v) is 5.30. The normalized spacial score (nSPS) is 10.9. The largest absolute Gasteiger partial charge is 0.478 e. The van der Waals surface area contributed by atoms with E-state index >= 15 is 0 Å². The van der Waals surface area contributed by atoms with Gasteiger partial charge in [-0.3, -0.25) is 0 Å². The minimum Gasteiger partial charge on any atom is -0.478 e. The highest BCUT2D eigenvalue weighted by molar-refractivity contribution is 6.30. The van der Waals surface area contributed by atoms with E-state index in [0.29, 0.717) is 16.5 Å². The van der Waals surface area contributed by atoms with Gasteiger partial charge in [-0.15, -0.1) is 0 Å². The Morgan fingerprint density at radius 2 is 2.12 bits per heavy atom. The van der Waals surface area contributed by atoms with Gasteiger partial charge in [-0.1, -0.05) is 23.7 Å². The van der Waals surface area contributed by atoms with E-state index < -0.39 is 5.97 Å². The lowest BCUT2D eigenvalue weighted by molar-refractivity contribution is -0.131. The van der Waals surface area contributed by atoms with Gasteiger partial charge in [-0.05, 0) is 30.3 Å². The third kappa shape index (κ3) is 2.98. The van der Waals surface area contributed by atoms with Crippen molar-refractivity contribution in [2.24, 2.45) is 0 Å². The number of halogens is 1. The second-order valence-electron chi connectivity index (χ2n) is 3.38. The Labute approximate surface area is 103 Å². The molecule has 0 aliphatic heterocycles. The molecule has 1 aromatic carbocycles. The lowest BCUT2D eigenvalue weighted by atomic mass is 10.2. The fourth-order valence-corrected chi connectivity index (χ4v) is 1.58. The quantitative estimate of drug-likeness (QED) is 0.843. The summed E-state index contributed by atoms with van der Waals surface area (Å²) in [6, 6.07) is 10.7. The van der Waals surface area contributed by atoms with Crippen LogP contribution in [0.15, 0.2) is 46.9 Å². The monoisotopic (exact) mass is 248 g/mol. The van der Waals surface area contributed by atoms with E-state index in [-0.39, 0.29) is 0 Å². The zero-order valence-corrected chi connectivity index (χ0v) is 9.52. The van der Waals surface area contributed by atoms with Crippen molar-refractivity contribution in [2.75, 3.05) is 0 Å². The zero-order chi connectivity index (χ0) is 12.3. The van der Waals surface area contributed by atoms with Gasteiger partial charge in [0, 0.05) is 16.7 Å². The fraction of sp³-hybridized carbons (Fsp3) is 0. The van der Waals surface area contributed by atoms with Gasteiger partial charge in [0.1, 0.15) is 11.5 Å².